The molecule has 0 saturated carbocycles. The second-order valence-corrected chi connectivity index (χ2v) is 7.62. The highest BCUT2D eigenvalue weighted by molar-refractivity contribution is 5.88. The third-order valence-electron chi connectivity index (χ3n) is 5.80. The zero-order chi connectivity index (χ0) is 21.6. The third kappa shape index (κ3) is 4.84. The molecule has 1 amide bonds. The van der Waals surface area contributed by atoms with Gasteiger partial charge >= 0.3 is 0 Å². The number of amides is 1. The average Bonchev–Trinajstić information content (AvgIpc) is 3.22. The molecule has 1 saturated heterocycles. The molecule has 1 fully saturated rings. The molecule has 1 aliphatic heterocycles. The Morgan fingerprint density at radius 2 is 1.90 bits per heavy atom. The number of nitrogens with zero attached hydrogens (tertiary/aromatic N) is 1. The summed E-state index contributed by atoms with van der Waals surface area (Å²) in [4.78, 5) is 18.4. The summed E-state index contributed by atoms with van der Waals surface area (Å²) in [5.41, 5.74) is 3.12. The smallest absolute Gasteiger partial charge is 0.224 e. The Labute approximate surface area is 182 Å². The van der Waals surface area contributed by atoms with Crippen LogP contribution in [0, 0.1) is 0 Å². The van der Waals surface area contributed by atoms with Crippen molar-refractivity contribution in [3.63, 3.8) is 0 Å². The topological polar surface area (TPSA) is 75.8 Å². The van der Waals surface area contributed by atoms with Crippen molar-refractivity contribution in [2.75, 3.05) is 47.1 Å². The number of rotatable bonds is 8. The number of morpholine rings is 1. The minimum atomic E-state index is 0.00323. The van der Waals surface area contributed by atoms with Crippen LogP contribution in [0.2, 0.25) is 0 Å². The van der Waals surface area contributed by atoms with E-state index < -0.39 is 0 Å². The first-order valence-corrected chi connectivity index (χ1v) is 10.5. The van der Waals surface area contributed by atoms with Crippen LogP contribution in [0.1, 0.15) is 17.2 Å². The molecule has 1 aromatic heterocycles. The van der Waals surface area contributed by atoms with Crippen molar-refractivity contribution in [3.05, 3.63) is 59.8 Å². The molecule has 3 aromatic rings. The maximum absolute atomic E-state index is 12.8. The van der Waals surface area contributed by atoms with Crippen LogP contribution in [0.4, 0.5) is 0 Å². The van der Waals surface area contributed by atoms with E-state index in [0.717, 1.165) is 35.1 Å². The summed E-state index contributed by atoms with van der Waals surface area (Å²) in [5, 5.41) is 4.23. The van der Waals surface area contributed by atoms with Crippen LogP contribution in [0.5, 0.6) is 11.5 Å². The standard InChI is InChI=1S/C24H29N3O4/c1-29-22-8-7-17(13-23(22)30-2)21(27-9-11-31-12-10-27)16-26-24(28)14-18-15-25-20-6-4-3-5-19(18)20/h3-8,13,15,21,25H,9-12,14,16H2,1-2H3,(H,26,28). The van der Waals surface area contributed by atoms with Crippen LogP contribution in [0.15, 0.2) is 48.7 Å². The van der Waals surface area contributed by atoms with Gasteiger partial charge in [-0.05, 0) is 29.3 Å². The van der Waals surface area contributed by atoms with Gasteiger partial charge in [0.1, 0.15) is 0 Å². The van der Waals surface area contributed by atoms with E-state index in [2.05, 4.69) is 15.2 Å². The molecule has 4 rings (SSSR count). The number of carbonyl (C=O) groups is 1. The first kappa shape index (κ1) is 21.2. The van der Waals surface area contributed by atoms with Gasteiger partial charge < -0.3 is 24.5 Å². The second kappa shape index (κ2) is 9.85. The molecular formula is C24H29N3O4. The Kier molecular flexibility index (Phi) is 6.74. The molecule has 0 spiro atoms. The molecule has 0 bridgehead atoms. The first-order chi connectivity index (χ1) is 15.2. The molecule has 0 aliphatic carbocycles. The highest BCUT2D eigenvalue weighted by Gasteiger charge is 2.24. The largest absolute Gasteiger partial charge is 0.493 e. The van der Waals surface area contributed by atoms with E-state index in [1.54, 1.807) is 14.2 Å². The van der Waals surface area contributed by atoms with Gasteiger partial charge in [0.2, 0.25) is 5.91 Å². The summed E-state index contributed by atoms with van der Waals surface area (Å²) < 4.78 is 16.4. The van der Waals surface area contributed by atoms with E-state index in [4.69, 9.17) is 14.2 Å². The average molecular weight is 424 g/mol. The summed E-state index contributed by atoms with van der Waals surface area (Å²) in [6, 6.07) is 14.0. The van der Waals surface area contributed by atoms with Gasteiger partial charge in [0.25, 0.3) is 0 Å². The van der Waals surface area contributed by atoms with Crippen LogP contribution in [0.25, 0.3) is 10.9 Å². The zero-order valence-corrected chi connectivity index (χ0v) is 18.0. The van der Waals surface area contributed by atoms with Crippen LogP contribution in [-0.2, 0) is 16.0 Å². The lowest BCUT2D eigenvalue weighted by molar-refractivity contribution is -0.120. The van der Waals surface area contributed by atoms with Gasteiger partial charge in [-0.25, -0.2) is 0 Å². The van der Waals surface area contributed by atoms with E-state index in [1.165, 1.54) is 0 Å². The van der Waals surface area contributed by atoms with Crippen molar-refractivity contribution < 1.29 is 19.0 Å². The number of para-hydroxylation sites is 1. The summed E-state index contributed by atoms with van der Waals surface area (Å²) in [7, 11) is 3.26. The number of aromatic nitrogens is 1. The molecule has 2 aromatic carbocycles. The lowest BCUT2D eigenvalue weighted by Gasteiger charge is -2.35. The normalized spacial score (nSPS) is 15.5. The monoisotopic (exact) mass is 423 g/mol. The van der Waals surface area contributed by atoms with Crippen LogP contribution < -0.4 is 14.8 Å². The number of benzene rings is 2. The Morgan fingerprint density at radius 3 is 2.68 bits per heavy atom. The number of fused-ring (bicyclic) bond motifs is 1. The highest BCUT2D eigenvalue weighted by atomic mass is 16.5. The van der Waals surface area contributed by atoms with Crippen LogP contribution in [0.3, 0.4) is 0 Å². The molecule has 0 radical (unpaired) electrons. The van der Waals surface area contributed by atoms with Crippen LogP contribution in [-0.4, -0.2) is 62.9 Å². The number of ether oxygens (including phenoxy) is 3. The first-order valence-electron chi connectivity index (χ1n) is 10.5. The molecular weight excluding hydrogens is 394 g/mol. The van der Waals surface area contributed by atoms with Crippen molar-refractivity contribution in [1.82, 2.24) is 15.2 Å². The molecule has 1 aliphatic rings. The molecule has 164 valence electrons. The van der Waals surface area contributed by atoms with Gasteiger partial charge in [-0.3, -0.25) is 9.69 Å². The number of methoxy groups -OCH3 is 2. The number of nitrogens with one attached hydrogen (secondary N) is 2. The third-order valence-corrected chi connectivity index (χ3v) is 5.80. The highest BCUT2D eigenvalue weighted by Crippen LogP contribution is 2.32. The van der Waals surface area contributed by atoms with Gasteiger partial charge in [0.05, 0.1) is 39.9 Å². The predicted molar refractivity (Wildman–Crippen MR) is 120 cm³/mol. The maximum Gasteiger partial charge on any atom is 0.224 e. The quantitative estimate of drug-likeness (QED) is 0.583. The van der Waals surface area contributed by atoms with Gasteiger partial charge in [-0.1, -0.05) is 24.3 Å². The van der Waals surface area contributed by atoms with Crippen LogP contribution >= 0.6 is 0 Å². The van der Waals surface area contributed by atoms with E-state index in [1.807, 2.05) is 48.7 Å². The zero-order valence-electron chi connectivity index (χ0n) is 18.0. The number of H-pyrrole nitrogens is 1. The van der Waals surface area contributed by atoms with Gasteiger partial charge in [0, 0.05) is 36.7 Å². The molecule has 2 N–H and O–H groups in total. The second-order valence-electron chi connectivity index (χ2n) is 7.62. The summed E-state index contributed by atoms with van der Waals surface area (Å²) in [6.07, 6.45) is 2.25. The summed E-state index contributed by atoms with van der Waals surface area (Å²) in [5.74, 6) is 1.38. The molecule has 7 heteroatoms. The molecule has 1 atom stereocenters. The summed E-state index contributed by atoms with van der Waals surface area (Å²) >= 11 is 0. The number of hydrogen-bond donors (Lipinski definition) is 2. The molecule has 1 unspecified atom stereocenters. The van der Waals surface area contributed by atoms with E-state index in [0.29, 0.717) is 37.7 Å². The van der Waals surface area contributed by atoms with Crippen molar-refractivity contribution in [2.45, 2.75) is 12.5 Å². The Bertz CT molecular complexity index is 1030. The molecule has 2 heterocycles. The van der Waals surface area contributed by atoms with Crippen molar-refractivity contribution in [3.8, 4) is 11.5 Å². The Morgan fingerprint density at radius 1 is 1.13 bits per heavy atom. The molecule has 7 nitrogen and oxygen atoms in total. The van der Waals surface area contributed by atoms with Gasteiger partial charge in [-0.15, -0.1) is 0 Å². The number of aromatic amines is 1. The van der Waals surface area contributed by atoms with Gasteiger partial charge in [0.15, 0.2) is 11.5 Å². The van der Waals surface area contributed by atoms with E-state index >= 15 is 0 Å². The fraction of sp³-hybridized carbons (Fsp3) is 0.375. The number of carbonyl (C=O) groups excluding carboxylic acids is 1. The van der Waals surface area contributed by atoms with Crippen molar-refractivity contribution >= 4 is 16.8 Å². The summed E-state index contributed by atoms with van der Waals surface area (Å²) in [6.45, 7) is 3.52. The minimum absolute atomic E-state index is 0.00323. The minimum Gasteiger partial charge on any atom is -0.493 e. The lowest BCUT2D eigenvalue weighted by Crippen LogP contribution is -2.44. The fourth-order valence-corrected chi connectivity index (χ4v) is 4.13. The van der Waals surface area contributed by atoms with E-state index in [-0.39, 0.29) is 11.9 Å². The lowest BCUT2D eigenvalue weighted by atomic mass is 10.0. The Hall–Kier alpha value is -3.03. The fourth-order valence-electron chi connectivity index (χ4n) is 4.13. The van der Waals surface area contributed by atoms with Gasteiger partial charge in [-0.2, -0.15) is 0 Å². The predicted octanol–water partition coefficient (Wildman–Crippen LogP) is 2.92. The van der Waals surface area contributed by atoms with Crippen molar-refractivity contribution in [1.29, 1.82) is 0 Å². The van der Waals surface area contributed by atoms with E-state index in [9.17, 15) is 4.79 Å². The maximum atomic E-state index is 12.8. The van der Waals surface area contributed by atoms with Crippen molar-refractivity contribution in [2.24, 2.45) is 0 Å². The number of hydrogen-bond acceptors (Lipinski definition) is 5. The SMILES string of the molecule is COc1ccc(C(CNC(=O)Cc2c[nH]c3ccccc23)N2CCOCC2)cc1OC. The Balaban J connectivity index is 1.49. The molecule has 31 heavy (non-hydrogen) atoms.